The van der Waals surface area contributed by atoms with Crippen molar-refractivity contribution >= 4 is 11.9 Å². The SMILES string of the molecule is COC(=O)CC1CCCCN1C(=O)CCC1CCCNC1. The van der Waals surface area contributed by atoms with Crippen molar-refractivity contribution < 1.29 is 14.3 Å². The lowest BCUT2D eigenvalue weighted by Gasteiger charge is -2.35. The molecular formula is C16H28N2O3. The number of amides is 1. The van der Waals surface area contributed by atoms with Crippen molar-refractivity contribution in [3.8, 4) is 0 Å². The molecule has 2 aliphatic rings. The van der Waals surface area contributed by atoms with Gasteiger partial charge in [-0.25, -0.2) is 0 Å². The summed E-state index contributed by atoms with van der Waals surface area (Å²) in [6.45, 7) is 2.94. The van der Waals surface area contributed by atoms with Gasteiger partial charge in [-0.05, 0) is 57.5 Å². The van der Waals surface area contributed by atoms with Crippen LogP contribution >= 0.6 is 0 Å². The summed E-state index contributed by atoms with van der Waals surface area (Å²) in [6, 6.07) is 0.0446. The first-order valence-electron chi connectivity index (χ1n) is 8.27. The summed E-state index contributed by atoms with van der Waals surface area (Å²) in [5, 5.41) is 3.39. The predicted molar refractivity (Wildman–Crippen MR) is 80.8 cm³/mol. The van der Waals surface area contributed by atoms with Gasteiger partial charge in [-0.1, -0.05) is 0 Å². The quantitative estimate of drug-likeness (QED) is 0.785. The first kappa shape index (κ1) is 16.3. The molecule has 2 aliphatic heterocycles. The zero-order valence-corrected chi connectivity index (χ0v) is 13.1. The predicted octanol–water partition coefficient (Wildman–Crippen LogP) is 1.71. The summed E-state index contributed by atoms with van der Waals surface area (Å²) >= 11 is 0. The van der Waals surface area contributed by atoms with Crippen molar-refractivity contribution in [3.63, 3.8) is 0 Å². The minimum atomic E-state index is -0.212. The van der Waals surface area contributed by atoms with Gasteiger partial charge in [0.25, 0.3) is 0 Å². The van der Waals surface area contributed by atoms with Crippen LogP contribution in [-0.2, 0) is 14.3 Å². The first-order valence-corrected chi connectivity index (χ1v) is 8.27. The van der Waals surface area contributed by atoms with Crippen LogP contribution in [0.4, 0.5) is 0 Å². The standard InChI is InChI=1S/C16H28N2O3/c1-21-16(20)11-14-6-2-3-10-18(14)15(19)8-7-13-5-4-9-17-12-13/h13-14,17H,2-12H2,1H3. The number of ether oxygens (including phenoxy) is 1. The van der Waals surface area contributed by atoms with Crippen LogP contribution in [0.1, 0.15) is 51.4 Å². The molecule has 120 valence electrons. The molecule has 2 saturated heterocycles. The molecule has 2 heterocycles. The lowest BCUT2D eigenvalue weighted by atomic mass is 9.93. The van der Waals surface area contributed by atoms with Gasteiger partial charge in [0.15, 0.2) is 0 Å². The summed E-state index contributed by atoms with van der Waals surface area (Å²) in [5.74, 6) is 0.636. The Morgan fingerprint density at radius 3 is 2.81 bits per heavy atom. The van der Waals surface area contributed by atoms with Gasteiger partial charge in [0, 0.05) is 19.0 Å². The highest BCUT2D eigenvalue weighted by Gasteiger charge is 2.29. The number of carbonyl (C=O) groups is 2. The number of hydrogen-bond donors (Lipinski definition) is 1. The fourth-order valence-corrected chi connectivity index (χ4v) is 3.46. The third-order valence-corrected chi connectivity index (χ3v) is 4.74. The fraction of sp³-hybridized carbons (Fsp3) is 0.875. The van der Waals surface area contributed by atoms with E-state index in [1.165, 1.54) is 20.0 Å². The molecule has 2 unspecified atom stereocenters. The van der Waals surface area contributed by atoms with Gasteiger partial charge in [-0.15, -0.1) is 0 Å². The van der Waals surface area contributed by atoms with E-state index in [0.29, 0.717) is 18.8 Å². The average molecular weight is 296 g/mol. The van der Waals surface area contributed by atoms with Gasteiger partial charge in [0.05, 0.1) is 13.5 Å². The van der Waals surface area contributed by atoms with E-state index < -0.39 is 0 Å². The maximum absolute atomic E-state index is 12.5. The Bertz CT molecular complexity index is 353. The summed E-state index contributed by atoms with van der Waals surface area (Å²) in [4.78, 5) is 25.9. The molecule has 0 aromatic carbocycles. The Kier molecular flexibility index (Phi) is 6.49. The number of methoxy groups -OCH3 is 1. The second kappa shape index (κ2) is 8.37. The van der Waals surface area contributed by atoms with E-state index in [1.807, 2.05) is 4.90 Å². The van der Waals surface area contributed by atoms with Gasteiger partial charge in [-0.2, -0.15) is 0 Å². The molecule has 21 heavy (non-hydrogen) atoms. The highest BCUT2D eigenvalue weighted by Crippen LogP contribution is 2.23. The highest BCUT2D eigenvalue weighted by atomic mass is 16.5. The van der Waals surface area contributed by atoms with Crippen LogP contribution < -0.4 is 5.32 Å². The summed E-state index contributed by atoms with van der Waals surface area (Å²) in [5.41, 5.74) is 0. The van der Waals surface area contributed by atoms with E-state index in [0.717, 1.165) is 45.3 Å². The lowest BCUT2D eigenvalue weighted by Crippen LogP contribution is -2.45. The Balaban J connectivity index is 1.81. The number of likely N-dealkylation sites (tertiary alicyclic amines) is 1. The first-order chi connectivity index (χ1) is 10.2. The molecule has 2 rings (SSSR count). The molecule has 0 aromatic heterocycles. The topological polar surface area (TPSA) is 58.6 Å². The normalized spacial score (nSPS) is 26.4. The summed E-state index contributed by atoms with van der Waals surface area (Å²) in [7, 11) is 1.41. The van der Waals surface area contributed by atoms with E-state index in [-0.39, 0.29) is 17.9 Å². The third kappa shape index (κ3) is 4.99. The second-order valence-corrected chi connectivity index (χ2v) is 6.27. The lowest BCUT2D eigenvalue weighted by molar-refractivity contribution is -0.144. The van der Waals surface area contributed by atoms with Gasteiger partial charge >= 0.3 is 5.97 Å². The molecule has 0 bridgehead atoms. The molecule has 0 saturated carbocycles. The maximum Gasteiger partial charge on any atom is 0.307 e. The number of hydrogen-bond acceptors (Lipinski definition) is 4. The number of rotatable bonds is 5. The largest absolute Gasteiger partial charge is 0.469 e. The van der Waals surface area contributed by atoms with Crippen molar-refractivity contribution in [3.05, 3.63) is 0 Å². The van der Waals surface area contributed by atoms with Crippen molar-refractivity contribution in [2.45, 2.75) is 57.4 Å². The molecule has 0 radical (unpaired) electrons. The van der Waals surface area contributed by atoms with E-state index in [2.05, 4.69) is 5.32 Å². The fourth-order valence-electron chi connectivity index (χ4n) is 3.46. The van der Waals surface area contributed by atoms with Crippen molar-refractivity contribution in [1.29, 1.82) is 0 Å². The number of nitrogens with one attached hydrogen (secondary N) is 1. The smallest absolute Gasteiger partial charge is 0.307 e. The molecule has 2 atom stereocenters. The molecule has 5 nitrogen and oxygen atoms in total. The Labute approximate surface area is 127 Å². The van der Waals surface area contributed by atoms with Crippen LogP contribution in [-0.4, -0.2) is 49.6 Å². The summed E-state index contributed by atoms with van der Waals surface area (Å²) in [6.07, 6.45) is 7.43. The number of carbonyl (C=O) groups excluding carboxylic acids is 2. The molecule has 0 spiro atoms. The van der Waals surface area contributed by atoms with E-state index in [1.54, 1.807) is 0 Å². The van der Waals surface area contributed by atoms with Crippen LogP contribution in [0.3, 0.4) is 0 Å². The van der Waals surface area contributed by atoms with Crippen LogP contribution in [0, 0.1) is 5.92 Å². The van der Waals surface area contributed by atoms with Crippen molar-refractivity contribution in [1.82, 2.24) is 10.2 Å². The van der Waals surface area contributed by atoms with Gasteiger partial charge in [0.2, 0.25) is 5.91 Å². The van der Waals surface area contributed by atoms with Crippen LogP contribution in [0.5, 0.6) is 0 Å². The van der Waals surface area contributed by atoms with Crippen LogP contribution in [0.2, 0.25) is 0 Å². The zero-order chi connectivity index (χ0) is 15.1. The number of esters is 1. The van der Waals surface area contributed by atoms with Gasteiger partial charge in [0.1, 0.15) is 0 Å². The Hall–Kier alpha value is -1.10. The Morgan fingerprint density at radius 1 is 1.24 bits per heavy atom. The number of piperidine rings is 2. The van der Waals surface area contributed by atoms with E-state index >= 15 is 0 Å². The summed E-state index contributed by atoms with van der Waals surface area (Å²) < 4.78 is 4.75. The van der Waals surface area contributed by atoms with Gasteiger partial charge in [-0.3, -0.25) is 9.59 Å². The minimum absolute atomic E-state index is 0.0446. The average Bonchev–Trinajstić information content (AvgIpc) is 2.54. The molecule has 0 aliphatic carbocycles. The van der Waals surface area contributed by atoms with Gasteiger partial charge < -0.3 is 15.0 Å². The van der Waals surface area contributed by atoms with Crippen molar-refractivity contribution in [2.24, 2.45) is 5.92 Å². The molecule has 1 N–H and O–H groups in total. The van der Waals surface area contributed by atoms with E-state index in [4.69, 9.17) is 4.74 Å². The highest BCUT2D eigenvalue weighted by molar-refractivity contribution is 5.78. The molecule has 0 aromatic rings. The molecule has 1 amide bonds. The van der Waals surface area contributed by atoms with Crippen LogP contribution in [0.25, 0.3) is 0 Å². The molecule has 2 fully saturated rings. The zero-order valence-electron chi connectivity index (χ0n) is 13.1. The second-order valence-electron chi connectivity index (χ2n) is 6.27. The van der Waals surface area contributed by atoms with E-state index in [9.17, 15) is 9.59 Å². The van der Waals surface area contributed by atoms with Crippen molar-refractivity contribution in [2.75, 3.05) is 26.7 Å². The molecular weight excluding hydrogens is 268 g/mol. The van der Waals surface area contributed by atoms with Crippen LogP contribution in [0.15, 0.2) is 0 Å². The minimum Gasteiger partial charge on any atom is -0.469 e. The third-order valence-electron chi connectivity index (χ3n) is 4.74. The monoisotopic (exact) mass is 296 g/mol. The number of nitrogens with zero attached hydrogens (tertiary/aromatic N) is 1. The molecule has 5 heteroatoms. The Morgan fingerprint density at radius 2 is 2.10 bits per heavy atom. The maximum atomic E-state index is 12.5.